The highest BCUT2D eigenvalue weighted by atomic mass is 15.0. The van der Waals surface area contributed by atoms with Gasteiger partial charge in [0.15, 0.2) is 0 Å². The molecule has 7 aromatic rings. The lowest BCUT2D eigenvalue weighted by molar-refractivity contribution is 1.18. The molecule has 5 heteroatoms. The minimum Gasteiger partial charge on any atom is -0.309 e. The largest absolute Gasteiger partial charge is 0.309 e. The predicted octanol–water partition coefficient (Wildman–Crippen LogP) is 8.79. The van der Waals surface area contributed by atoms with E-state index in [-0.39, 0.29) is 0 Å². The summed E-state index contributed by atoms with van der Waals surface area (Å²) in [5.74, 6) is 0. The monoisotopic (exact) mass is 547 g/mol. The van der Waals surface area contributed by atoms with Gasteiger partial charge in [-0.05, 0) is 70.8 Å². The van der Waals surface area contributed by atoms with Crippen LogP contribution in [0, 0.1) is 34.0 Å². The Labute approximate surface area is 248 Å². The van der Waals surface area contributed by atoms with Crippen LogP contribution in [0.3, 0.4) is 0 Å². The topological polar surface area (TPSA) is 89.2 Å². The molecule has 5 aromatic carbocycles. The second kappa shape index (κ2) is 10.5. The molecule has 0 radical (unpaired) electrons. The van der Waals surface area contributed by atoms with Crippen molar-refractivity contribution in [2.75, 3.05) is 0 Å². The Balaban J connectivity index is 1.60. The molecule has 0 atom stereocenters. The zero-order chi connectivity index (χ0) is 29.3. The molecule has 0 bridgehead atoms. The molecule has 7 rings (SSSR count). The van der Waals surface area contributed by atoms with E-state index in [1.807, 2.05) is 60.7 Å². The third-order valence-electron chi connectivity index (χ3n) is 7.83. The third-order valence-corrected chi connectivity index (χ3v) is 7.83. The summed E-state index contributed by atoms with van der Waals surface area (Å²) >= 11 is 0. The number of rotatable bonds is 4. The van der Waals surface area contributed by atoms with Crippen molar-refractivity contribution in [1.29, 1.82) is 15.8 Å². The molecule has 43 heavy (non-hydrogen) atoms. The van der Waals surface area contributed by atoms with Gasteiger partial charge >= 0.3 is 0 Å². The number of para-hydroxylation sites is 1. The predicted molar refractivity (Wildman–Crippen MR) is 169 cm³/mol. The number of pyridine rings is 1. The van der Waals surface area contributed by atoms with Crippen LogP contribution in [0.25, 0.3) is 60.9 Å². The molecule has 0 aliphatic heterocycles. The van der Waals surface area contributed by atoms with Crippen molar-refractivity contribution in [3.8, 4) is 57.3 Å². The Hall–Kier alpha value is -6.48. The molecule has 0 aliphatic rings. The van der Waals surface area contributed by atoms with Crippen LogP contribution >= 0.6 is 0 Å². The molecule has 0 saturated carbocycles. The number of hydrogen-bond acceptors (Lipinski definition) is 4. The number of nitrogens with zero attached hydrogens (tertiary/aromatic N) is 5. The van der Waals surface area contributed by atoms with E-state index in [0.29, 0.717) is 16.7 Å². The first kappa shape index (κ1) is 25.5. The Morgan fingerprint density at radius 2 is 1.19 bits per heavy atom. The third kappa shape index (κ3) is 4.28. The SMILES string of the molecule is N#Cc1ccc(-c2ccc3c4ccccc4n(-c4cc(-c5ccncc5)c(C#N)cc4-c4ccccc4)c3c2)c(C#N)c1. The van der Waals surface area contributed by atoms with E-state index in [4.69, 9.17) is 0 Å². The van der Waals surface area contributed by atoms with E-state index in [2.05, 4.69) is 70.2 Å². The summed E-state index contributed by atoms with van der Waals surface area (Å²) in [6.45, 7) is 0. The van der Waals surface area contributed by atoms with Crippen LogP contribution < -0.4 is 0 Å². The zero-order valence-corrected chi connectivity index (χ0v) is 22.9. The molecule has 0 amide bonds. The number of nitriles is 3. The molecular weight excluding hydrogens is 526 g/mol. The van der Waals surface area contributed by atoms with Crippen LogP contribution in [0.1, 0.15) is 16.7 Å². The molecule has 0 unspecified atom stereocenters. The highest BCUT2D eigenvalue weighted by Crippen LogP contribution is 2.41. The lowest BCUT2D eigenvalue weighted by atomic mass is 9.93. The molecule has 0 spiro atoms. The molecule has 198 valence electrons. The van der Waals surface area contributed by atoms with Crippen LogP contribution in [-0.2, 0) is 0 Å². The van der Waals surface area contributed by atoms with Crippen LogP contribution in [0.15, 0.2) is 128 Å². The van der Waals surface area contributed by atoms with Gasteiger partial charge in [0.2, 0.25) is 0 Å². The molecule has 0 saturated heterocycles. The average Bonchev–Trinajstić information content (AvgIpc) is 3.41. The van der Waals surface area contributed by atoms with E-state index < -0.39 is 0 Å². The van der Waals surface area contributed by atoms with Gasteiger partial charge in [-0.1, -0.05) is 66.7 Å². The van der Waals surface area contributed by atoms with Crippen molar-refractivity contribution >= 4 is 21.8 Å². The summed E-state index contributed by atoms with van der Waals surface area (Å²) < 4.78 is 2.25. The van der Waals surface area contributed by atoms with Gasteiger partial charge < -0.3 is 4.57 Å². The smallest absolute Gasteiger partial charge is 0.0998 e. The van der Waals surface area contributed by atoms with Gasteiger partial charge in [-0.25, -0.2) is 0 Å². The maximum Gasteiger partial charge on any atom is 0.0998 e. The summed E-state index contributed by atoms with van der Waals surface area (Å²) in [4.78, 5) is 4.18. The molecule has 0 fully saturated rings. The average molecular weight is 548 g/mol. The van der Waals surface area contributed by atoms with Gasteiger partial charge in [-0.15, -0.1) is 0 Å². The molecule has 0 aliphatic carbocycles. The fourth-order valence-corrected chi connectivity index (χ4v) is 5.84. The summed E-state index contributed by atoms with van der Waals surface area (Å²) in [5.41, 5.74) is 9.69. The second-order valence-corrected chi connectivity index (χ2v) is 10.2. The van der Waals surface area contributed by atoms with Crippen molar-refractivity contribution in [2.24, 2.45) is 0 Å². The van der Waals surface area contributed by atoms with Crippen LogP contribution in [0.4, 0.5) is 0 Å². The first-order valence-electron chi connectivity index (χ1n) is 13.7. The Morgan fingerprint density at radius 3 is 1.95 bits per heavy atom. The lowest BCUT2D eigenvalue weighted by Gasteiger charge is -2.18. The van der Waals surface area contributed by atoms with E-state index in [1.54, 1.807) is 24.5 Å². The van der Waals surface area contributed by atoms with E-state index in [0.717, 1.165) is 60.9 Å². The molecule has 2 heterocycles. The van der Waals surface area contributed by atoms with Crippen LogP contribution in [0.2, 0.25) is 0 Å². The number of benzene rings is 5. The molecule has 2 aromatic heterocycles. The Bertz CT molecular complexity index is 2310. The summed E-state index contributed by atoms with van der Waals surface area (Å²) in [6, 6.07) is 44.5. The standard InChI is InChI=1S/C38H21N5/c39-22-25-10-12-31(29(18-25)23-40)28-11-13-33-32-8-4-5-9-36(32)43(37(33)20-28)38-21-34(27-14-16-42-17-15-27)30(24-41)19-35(38)26-6-2-1-3-7-26/h1-21H. The van der Waals surface area contributed by atoms with Gasteiger partial charge in [0.05, 0.1) is 51.6 Å². The minimum absolute atomic E-state index is 0.448. The fraction of sp³-hybridized carbons (Fsp3) is 0. The normalized spacial score (nSPS) is 10.7. The second-order valence-electron chi connectivity index (χ2n) is 10.2. The maximum absolute atomic E-state index is 10.2. The van der Waals surface area contributed by atoms with E-state index in [1.165, 1.54) is 0 Å². The highest BCUT2D eigenvalue weighted by Gasteiger charge is 2.20. The Kier molecular flexibility index (Phi) is 6.22. The highest BCUT2D eigenvalue weighted by molar-refractivity contribution is 6.11. The van der Waals surface area contributed by atoms with E-state index in [9.17, 15) is 15.8 Å². The Morgan fingerprint density at radius 1 is 0.488 bits per heavy atom. The quantitative estimate of drug-likeness (QED) is 0.220. The first-order chi connectivity index (χ1) is 21.2. The van der Waals surface area contributed by atoms with Gasteiger partial charge in [0.1, 0.15) is 0 Å². The summed E-state index contributed by atoms with van der Waals surface area (Å²) in [5, 5.41) is 31.7. The van der Waals surface area contributed by atoms with Crippen LogP contribution in [-0.4, -0.2) is 9.55 Å². The number of hydrogen-bond donors (Lipinski definition) is 0. The maximum atomic E-state index is 10.2. The zero-order valence-electron chi connectivity index (χ0n) is 22.9. The van der Waals surface area contributed by atoms with Gasteiger partial charge in [0.25, 0.3) is 0 Å². The van der Waals surface area contributed by atoms with E-state index >= 15 is 0 Å². The van der Waals surface area contributed by atoms with Crippen molar-refractivity contribution in [3.63, 3.8) is 0 Å². The van der Waals surface area contributed by atoms with Crippen molar-refractivity contribution in [2.45, 2.75) is 0 Å². The summed E-state index contributed by atoms with van der Waals surface area (Å²) in [7, 11) is 0. The lowest BCUT2D eigenvalue weighted by Crippen LogP contribution is -2.00. The van der Waals surface area contributed by atoms with Gasteiger partial charge in [-0.3, -0.25) is 4.98 Å². The van der Waals surface area contributed by atoms with Crippen molar-refractivity contribution in [1.82, 2.24) is 9.55 Å². The van der Waals surface area contributed by atoms with Crippen LogP contribution in [0.5, 0.6) is 0 Å². The molecular formula is C38H21N5. The van der Waals surface area contributed by atoms with Crippen molar-refractivity contribution in [3.05, 3.63) is 144 Å². The molecule has 0 N–H and O–H groups in total. The summed E-state index contributed by atoms with van der Waals surface area (Å²) in [6.07, 6.45) is 3.47. The molecule has 5 nitrogen and oxygen atoms in total. The van der Waals surface area contributed by atoms with Gasteiger partial charge in [-0.2, -0.15) is 15.8 Å². The first-order valence-corrected chi connectivity index (χ1v) is 13.7. The van der Waals surface area contributed by atoms with Gasteiger partial charge in [0, 0.05) is 34.3 Å². The number of fused-ring (bicyclic) bond motifs is 3. The minimum atomic E-state index is 0.448. The number of aromatic nitrogens is 2. The van der Waals surface area contributed by atoms with Crippen molar-refractivity contribution < 1.29 is 0 Å². The fourth-order valence-electron chi connectivity index (χ4n) is 5.84.